The highest BCUT2D eigenvalue weighted by Gasteiger charge is 2.26. The normalized spacial score (nSPS) is 21.3. The minimum Gasteiger partial charge on any atom is -0.480 e. The van der Waals surface area contributed by atoms with Gasteiger partial charge in [0, 0.05) is 19.6 Å². The Morgan fingerprint density at radius 2 is 2.13 bits per heavy atom. The van der Waals surface area contributed by atoms with Gasteiger partial charge >= 0.3 is 5.97 Å². The Kier molecular flexibility index (Phi) is 5.05. The number of carbonyl (C=O) groups is 1. The fourth-order valence-electron chi connectivity index (χ4n) is 2.03. The van der Waals surface area contributed by atoms with Crippen molar-refractivity contribution >= 4 is 5.97 Å². The molecular weight excluding hydrogens is 192 g/mol. The third kappa shape index (κ3) is 4.18. The molecule has 2 N–H and O–H groups in total. The van der Waals surface area contributed by atoms with Crippen LogP contribution < -0.4 is 5.32 Å². The quantitative estimate of drug-likeness (QED) is 0.726. The van der Waals surface area contributed by atoms with Gasteiger partial charge in [0.25, 0.3) is 0 Å². The monoisotopic (exact) mass is 214 g/mol. The highest BCUT2D eigenvalue weighted by Crippen LogP contribution is 2.13. The minimum atomic E-state index is -0.675. The lowest BCUT2D eigenvalue weighted by Gasteiger charge is -2.28. The summed E-state index contributed by atoms with van der Waals surface area (Å²) in [7, 11) is 0. The molecule has 0 aromatic rings. The van der Waals surface area contributed by atoms with Gasteiger partial charge in [-0.25, -0.2) is 0 Å². The Labute approximate surface area is 91.6 Å². The first-order valence-corrected chi connectivity index (χ1v) is 5.79. The van der Waals surface area contributed by atoms with E-state index in [1.807, 2.05) is 0 Å². The number of aliphatic carboxylic acids is 1. The third-order valence-electron chi connectivity index (χ3n) is 2.80. The molecule has 15 heavy (non-hydrogen) atoms. The lowest BCUT2D eigenvalue weighted by atomic mass is 10.0. The van der Waals surface area contributed by atoms with Crippen molar-refractivity contribution in [3.8, 4) is 0 Å². The van der Waals surface area contributed by atoms with Crippen LogP contribution in [-0.2, 0) is 4.79 Å². The predicted molar refractivity (Wildman–Crippen MR) is 59.9 cm³/mol. The number of hydrogen-bond donors (Lipinski definition) is 2. The zero-order chi connectivity index (χ0) is 11.3. The van der Waals surface area contributed by atoms with E-state index in [1.165, 1.54) is 0 Å². The Hall–Kier alpha value is -0.610. The molecule has 0 amide bonds. The second-order valence-electron chi connectivity index (χ2n) is 4.62. The summed E-state index contributed by atoms with van der Waals surface area (Å²) in [5, 5.41) is 12.5. The summed E-state index contributed by atoms with van der Waals surface area (Å²) in [6.45, 7) is 7.81. The summed E-state index contributed by atoms with van der Waals surface area (Å²) >= 11 is 0. The van der Waals surface area contributed by atoms with E-state index in [9.17, 15) is 9.90 Å². The molecule has 1 saturated heterocycles. The molecule has 1 rings (SSSR count). The average Bonchev–Trinajstić information content (AvgIpc) is 2.41. The third-order valence-corrected chi connectivity index (χ3v) is 2.80. The molecule has 0 aromatic carbocycles. The highest BCUT2D eigenvalue weighted by atomic mass is 16.4. The molecule has 0 aromatic heterocycles. The van der Waals surface area contributed by atoms with Crippen LogP contribution in [0.25, 0.3) is 0 Å². The lowest BCUT2D eigenvalue weighted by molar-refractivity contribution is -0.143. The average molecular weight is 214 g/mol. The van der Waals surface area contributed by atoms with Crippen LogP contribution in [0.1, 0.15) is 26.7 Å². The zero-order valence-electron chi connectivity index (χ0n) is 9.70. The maximum absolute atomic E-state index is 11.2. The van der Waals surface area contributed by atoms with E-state index in [1.54, 1.807) is 0 Å². The van der Waals surface area contributed by atoms with Gasteiger partial charge in [0.05, 0.1) is 0 Å². The van der Waals surface area contributed by atoms with Crippen LogP contribution in [0.3, 0.4) is 0 Å². The molecule has 1 aliphatic heterocycles. The van der Waals surface area contributed by atoms with Gasteiger partial charge in [-0.2, -0.15) is 0 Å². The molecule has 1 fully saturated rings. The lowest BCUT2D eigenvalue weighted by Crippen LogP contribution is -2.43. The molecule has 4 heteroatoms. The number of carboxylic acids is 1. The van der Waals surface area contributed by atoms with Crippen LogP contribution >= 0.6 is 0 Å². The molecule has 4 nitrogen and oxygen atoms in total. The van der Waals surface area contributed by atoms with Crippen LogP contribution in [0, 0.1) is 5.92 Å². The number of hydrogen-bond acceptors (Lipinski definition) is 3. The van der Waals surface area contributed by atoms with Crippen molar-refractivity contribution in [3.05, 3.63) is 0 Å². The van der Waals surface area contributed by atoms with Crippen molar-refractivity contribution in [3.63, 3.8) is 0 Å². The molecule has 1 atom stereocenters. The van der Waals surface area contributed by atoms with E-state index in [0.29, 0.717) is 5.92 Å². The molecule has 1 heterocycles. The molecule has 1 unspecified atom stereocenters. The van der Waals surface area contributed by atoms with Gasteiger partial charge in [-0.05, 0) is 25.3 Å². The largest absolute Gasteiger partial charge is 0.480 e. The van der Waals surface area contributed by atoms with Gasteiger partial charge in [0.2, 0.25) is 0 Å². The second-order valence-corrected chi connectivity index (χ2v) is 4.62. The SMILES string of the molecule is CC(C)CC(C(=O)O)N1CCCNCC1. The fraction of sp³-hybridized carbons (Fsp3) is 0.909. The van der Waals surface area contributed by atoms with Crippen molar-refractivity contribution in [2.75, 3.05) is 26.2 Å². The van der Waals surface area contributed by atoms with E-state index >= 15 is 0 Å². The first-order valence-electron chi connectivity index (χ1n) is 5.79. The van der Waals surface area contributed by atoms with Gasteiger partial charge < -0.3 is 10.4 Å². The van der Waals surface area contributed by atoms with E-state index in [2.05, 4.69) is 24.1 Å². The fourth-order valence-corrected chi connectivity index (χ4v) is 2.03. The van der Waals surface area contributed by atoms with Crippen molar-refractivity contribution in [2.24, 2.45) is 5.92 Å². The Bertz CT molecular complexity index is 199. The smallest absolute Gasteiger partial charge is 0.320 e. The summed E-state index contributed by atoms with van der Waals surface area (Å²) < 4.78 is 0. The minimum absolute atomic E-state index is 0.301. The van der Waals surface area contributed by atoms with Crippen molar-refractivity contribution in [1.29, 1.82) is 0 Å². The van der Waals surface area contributed by atoms with Crippen LogP contribution in [0.15, 0.2) is 0 Å². The summed E-state index contributed by atoms with van der Waals surface area (Å²) in [4.78, 5) is 13.3. The second kappa shape index (κ2) is 6.08. The van der Waals surface area contributed by atoms with Crippen LogP contribution in [0.2, 0.25) is 0 Å². The van der Waals surface area contributed by atoms with Gasteiger partial charge in [-0.3, -0.25) is 9.69 Å². The van der Waals surface area contributed by atoms with Crippen LogP contribution in [-0.4, -0.2) is 48.2 Å². The van der Waals surface area contributed by atoms with Crippen LogP contribution in [0.4, 0.5) is 0 Å². The van der Waals surface area contributed by atoms with Crippen molar-refractivity contribution < 1.29 is 9.90 Å². The number of carboxylic acid groups (broad SMARTS) is 1. The Morgan fingerprint density at radius 3 is 2.73 bits per heavy atom. The Balaban J connectivity index is 2.56. The molecule has 1 aliphatic rings. The zero-order valence-corrected chi connectivity index (χ0v) is 9.70. The van der Waals surface area contributed by atoms with Crippen LogP contribution in [0.5, 0.6) is 0 Å². The standard InChI is InChI=1S/C11H22N2O2/c1-9(2)8-10(11(14)15)13-6-3-4-12-5-7-13/h9-10,12H,3-8H2,1-2H3,(H,14,15). The molecular formula is C11H22N2O2. The molecule has 0 radical (unpaired) electrons. The number of nitrogens with zero attached hydrogens (tertiary/aromatic N) is 1. The maximum Gasteiger partial charge on any atom is 0.320 e. The van der Waals surface area contributed by atoms with Gasteiger partial charge in [0.1, 0.15) is 6.04 Å². The van der Waals surface area contributed by atoms with E-state index in [4.69, 9.17) is 0 Å². The topological polar surface area (TPSA) is 52.6 Å². The molecule has 88 valence electrons. The molecule has 0 bridgehead atoms. The summed E-state index contributed by atoms with van der Waals surface area (Å²) in [5.74, 6) is -0.243. The predicted octanol–water partition coefficient (Wildman–Crippen LogP) is 0.781. The van der Waals surface area contributed by atoms with E-state index in [-0.39, 0.29) is 6.04 Å². The summed E-state index contributed by atoms with van der Waals surface area (Å²) in [6.07, 6.45) is 1.79. The highest BCUT2D eigenvalue weighted by molar-refractivity contribution is 5.73. The summed E-state index contributed by atoms with van der Waals surface area (Å²) in [6, 6.07) is -0.301. The first kappa shape index (κ1) is 12.5. The van der Waals surface area contributed by atoms with E-state index < -0.39 is 5.97 Å². The maximum atomic E-state index is 11.2. The molecule has 0 aliphatic carbocycles. The van der Waals surface area contributed by atoms with E-state index in [0.717, 1.165) is 39.0 Å². The first-order chi connectivity index (χ1) is 7.11. The number of nitrogens with one attached hydrogen (secondary N) is 1. The Morgan fingerprint density at radius 1 is 1.40 bits per heavy atom. The summed E-state index contributed by atoms with van der Waals surface area (Å²) in [5.41, 5.74) is 0. The molecule has 0 spiro atoms. The molecule has 0 saturated carbocycles. The van der Waals surface area contributed by atoms with Crippen molar-refractivity contribution in [1.82, 2.24) is 10.2 Å². The van der Waals surface area contributed by atoms with Gasteiger partial charge in [-0.15, -0.1) is 0 Å². The van der Waals surface area contributed by atoms with Gasteiger partial charge in [0.15, 0.2) is 0 Å². The van der Waals surface area contributed by atoms with Gasteiger partial charge in [-0.1, -0.05) is 13.8 Å². The van der Waals surface area contributed by atoms with Crippen molar-refractivity contribution in [2.45, 2.75) is 32.7 Å². The number of rotatable bonds is 4.